The molecule has 4 nitrogen and oxygen atoms in total. The van der Waals surface area contributed by atoms with Crippen LogP contribution in [0.15, 0.2) is 18.2 Å². The normalized spacial score (nSPS) is 21.7. The average Bonchev–Trinajstić information content (AvgIpc) is 2.47. The maximum absolute atomic E-state index is 5.98. The van der Waals surface area contributed by atoms with Gasteiger partial charge in [-0.1, -0.05) is 13.0 Å². The van der Waals surface area contributed by atoms with Gasteiger partial charge in [0.25, 0.3) is 0 Å². The summed E-state index contributed by atoms with van der Waals surface area (Å²) in [6.07, 6.45) is 1.42. The van der Waals surface area contributed by atoms with Gasteiger partial charge in [-0.3, -0.25) is 4.90 Å². The molecule has 0 spiro atoms. The summed E-state index contributed by atoms with van der Waals surface area (Å²) in [5.41, 5.74) is 8.34. The van der Waals surface area contributed by atoms with Crippen LogP contribution in [-0.4, -0.2) is 37.8 Å². The first-order valence-corrected chi connectivity index (χ1v) is 7.40. The molecule has 1 aromatic carbocycles. The lowest BCUT2D eigenvalue weighted by Gasteiger charge is -2.32. The second kappa shape index (κ2) is 7.07. The molecule has 4 heteroatoms. The third-order valence-electron chi connectivity index (χ3n) is 3.90. The molecule has 0 radical (unpaired) electrons. The molecule has 2 N–H and O–H groups in total. The molecule has 1 heterocycles. The van der Waals surface area contributed by atoms with Crippen LogP contribution in [-0.2, 0) is 11.3 Å². The molecule has 0 aliphatic carbocycles. The maximum Gasteiger partial charge on any atom is 0.123 e. The van der Waals surface area contributed by atoms with Gasteiger partial charge in [-0.05, 0) is 31.0 Å². The van der Waals surface area contributed by atoms with E-state index in [1.807, 2.05) is 19.1 Å². The standard InChI is InChI=1S/C16H26N2O2/c1-4-15-11-18(7-8-20-15)10-14-9-13(12(2)17)5-6-16(14)19-3/h5-6,9,12,15H,4,7-8,10-11,17H2,1-3H3. The highest BCUT2D eigenvalue weighted by Gasteiger charge is 2.20. The van der Waals surface area contributed by atoms with Crippen molar-refractivity contribution in [3.63, 3.8) is 0 Å². The van der Waals surface area contributed by atoms with E-state index in [9.17, 15) is 0 Å². The zero-order chi connectivity index (χ0) is 14.5. The van der Waals surface area contributed by atoms with Crippen molar-refractivity contribution in [1.29, 1.82) is 0 Å². The fourth-order valence-corrected chi connectivity index (χ4v) is 2.62. The lowest BCUT2D eigenvalue weighted by Crippen LogP contribution is -2.41. The summed E-state index contributed by atoms with van der Waals surface area (Å²) in [5, 5.41) is 0. The van der Waals surface area contributed by atoms with Crippen molar-refractivity contribution in [3.8, 4) is 5.75 Å². The zero-order valence-corrected chi connectivity index (χ0v) is 12.8. The van der Waals surface area contributed by atoms with Gasteiger partial charge in [-0.2, -0.15) is 0 Å². The number of ether oxygens (including phenoxy) is 2. The predicted octanol–water partition coefficient (Wildman–Crippen LogP) is 2.33. The fraction of sp³-hybridized carbons (Fsp3) is 0.625. The predicted molar refractivity (Wildman–Crippen MR) is 80.9 cm³/mol. The van der Waals surface area contributed by atoms with Gasteiger partial charge < -0.3 is 15.2 Å². The Hall–Kier alpha value is -1.10. The largest absolute Gasteiger partial charge is 0.496 e. The molecule has 1 saturated heterocycles. The first kappa shape index (κ1) is 15.3. The molecule has 0 bridgehead atoms. The molecule has 0 aromatic heterocycles. The Labute approximate surface area is 121 Å². The van der Waals surface area contributed by atoms with E-state index in [0.29, 0.717) is 6.10 Å². The van der Waals surface area contributed by atoms with Crippen LogP contribution in [0.2, 0.25) is 0 Å². The highest BCUT2D eigenvalue weighted by atomic mass is 16.5. The van der Waals surface area contributed by atoms with E-state index in [1.165, 1.54) is 5.56 Å². The number of morpholine rings is 1. The van der Waals surface area contributed by atoms with Crippen LogP contribution in [0, 0.1) is 0 Å². The van der Waals surface area contributed by atoms with E-state index in [2.05, 4.69) is 17.9 Å². The third-order valence-corrected chi connectivity index (χ3v) is 3.90. The lowest BCUT2D eigenvalue weighted by molar-refractivity contribution is -0.0326. The molecule has 1 aromatic rings. The molecular weight excluding hydrogens is 252 g/mol. The van der Waals surface area contributed by atoms with Crippen LogP contribution in [0.3, 0.4) is 0 Å². The Bertz CT molecular complexity index is 434. The van der Waals surface area contributed by atoms with Crippen LogP contribution < -0.4 is 10.5 Å². The fourth-order valence-electron chi connectivity index (χ4n) is 2.62. The van der Waals surface area contributed by atoms with Crippen LogP contribution in [0.25, 0.3) is 0 Å². The van der Waals surface area contributed by atoms with Gasteiger partial charge in [0.2, 0.25) is 0 Å². The van der Waals surface area contributed by atoms with Crippen molar-refractivity contribution in [2.45, 2.75) is 39.0 Å². The summed E-state index contributed by atoms with van der Waals surface area (Å²) >= 11 is 0. The molecule has 2 rings (SSSR count). The van der Waals surface area contributed by atoms with Gasteiger partial charge >= 0.3 is 0 Å². The molecular formula is C16H26N2O2. The van der Waals surface area contributed by atoms with E-state index in [4.69, 9.17) is 15.2 Å². The van der Waals surface area contributed by atoms with Gasteiger partial charge in [0.05, 0.1) is 19.8 Å². The number of rotatable bonds is 5. The topological polar surface area (TPSA) is 47.7 Å². The summed E-state index contributed by atoms with van der Waals surface area (Å²) < 4.78 is 11.2. The molecule has 1 fully saturated rings. The second-order valence-electron chi connectivity index (χ2n) is 5.50. The molecule has 0 amide bonds. The van der Waals surface area contributed by atoms with E-state index in [-0.39, 0.29) is 6.04 Å². The SMILES string of the molecule is CCC1CN(Cc2cc(C(C)N)ccc2OC)CCO1. The summed E-state index contributed by atoms with van der Waals surface area (Å²) in [6.45, 7) is 7.85. The quantitative estimate of drug-likeness (QED) is 0.898. The van der Waals surface area contributed by atoms with Gasteiger partial charge in [0.15, 0.2) is 0 Å². The number of hydrogen-bond acceptors (Lipinski definition) is 4. The molecule has 0 saturated carbocycles. The number of nitrogens with zero attached hydrogens (tertiary/aromatic N) is 1. The Morgan fingerprint density at radius 1 is 1.50 bits per heavy atom. The highest BCUT2D eigenvalue weighted by molar-refractivity contribution is 5.38. The van der Waals surface area contributed by atoms with Crippen LogP contribution in [0.5, 0.6) is 5.75 Å². The molecule has 2 atom stereocenters. The lowest BCUT2D eigenvalue weighted by atomic mass is 10.0. The number of benzene rings is 1. The van der Waals surface area contributed by atoms with Crippen molar-refractivity contribution in [2.75, 3.05) is 26.8 Å². The third kappa shape index (κ3) is 3.72. The summed E-state index contributed by atoms with van der Waals surface area (Å²) in [6, 6.07) is 6.28. The van der Waals surface area contributed by atoms with Crippen molar-refractivity contribution >= 4 is 0 Å². The monoisotopic (exact) mass is 278 g/mol. The second-order valence-corrected chi connectivity index (χ2v) is 5.50. The Morgan fingerprint density at radius 2 is 2.30 bits per heavy atom. The van der Waals surface area contributed by atoms with Crippen molar-refractivity contribution < 1.29 is 9.47 Å². The van der Waals surface area contributed by atoms with Gasteiger partial charge in [-0.15, -0.1) is 0 Å². The first-order valence-electron chi connectivity index (χ1n) is 7.40. The Kier molecular flexibility index (Phi) is 5.40. The Morgan fingerprint density at radius 3 is 2.95 bits per heavy atom. The van der Waals surface area contributed by atoms with E-state index < -0.39 is 0 Å². The molecule has 20 heavy (non-hydrogen) atoms. The molecule has 1 aliphatic heterocycles. The van der Waals surface area contributed by atoms with Gasteiger partial charge in [-0.25, -0.2) is 0 Å². The average molecular weight is 278 g/mol. The van der Waals surface area contributed by atoms with Crippen molar-refractivity contribution in [1.82, 2.24) is 4.90 Å². The minimum atomic E-state index is 0.0488. The van der Waals surface area contributed by atoms with Crippen molar-refractivity contribution in [3.05, 3.63) is 29.3 Å². The van der Waals surface area contributed by atoms with E-state index in [0.717, 1.165) is 44.0 Å². The molecule has 1 aliphatic rings. The number of hydrogen-bond donors (Lipinski definition) is 1. The minimum Gasteiger partial charge on any atom is -0.496 e. The van der Waals surface area contributed by atoms with E-state index >= 15 is 0 Å². The molecule has 112 valence electrons. The molecule has 2 unspecified atom stereocenters. The van der Waals surface area contributed by atoms with Crippen molar-refractivity contribution in [2.24, 2.45) is 5.73 Å². The number of nitrogens with two attached hydrogens (primary N) is 1. The Balaban J connectivity index is 2.12. The van der Waals surface area contributed by atoms with Gasteiger partial charge in [0, 0.05) is 31.2 Å². The summed E-state index contributed by atoms with van der Waals surface area (Å²) in [7, 11) is 1.72. The van der Waals surface area contributed by atoms with Crippen LogP contribution >= 0.6 is 0 Å². The zero-order valence-electron chi connectivity index (χ0n) is 12.8. The maximum atomic E-state index is 5.98. The van der Waals surface area contributed by atoms with Gasteiger partial charge in [0.1, 0.15) is 5.75 Å². The highest BCUT2D eigenvalue weighted by Crippen LogP contribution is 2.25. The minimum absolute atomic E-state index is 0.0488. The van der Waals surface area contributed by atoms with Crippen LogP contribution in [0.4, 0.5) is 0 Å². The van der Waals surface area contributed by atoms with E-state index in [1.54, 1.807) is 7.11 Å². The summed E-state index contributed by atoms with van der Waals surface area (Å²) in [5.74, 6) is 0.939. The summed E-state index contributed by atoms with van der Waals surface area (Å²) in [4.78, 5) is 2.43. The number of methoxy groups -OCH3 is 1. The first-order chi connectivity index (χ1) is 9.63. The van der Waals surface area contributed by atoms with Crippen LogP contribution in [0.1, 0.15) is 37.4 Å². The smallest absolute Gasteiger partial charge is 0.123 e.